The number of thiol groups is 1. The lowest BCUT2D eigenvalue weighted by Gasteiger charge is -2.05. The smallest absolute Gasteiger partial charge is 0.126 e. The van der Waals surface area contributed by atoms with Gasteiger partial charge < -0.3 is 4.74 Å². The van der Waals surface area contributed by atoms with Crippen LogP contribution in [0.2, 0.25) is 0 Å². The van der Waals surface area contributed by atoms with Gasteiger partial charge in [-0.05, 0) is 30.7 Å². The number of aryl methyl sites for hydroxylation is 1. The summed E-state index contributed by atoms with van der Waals surface area (Å²) in [5.41, 5.74) is 2.34. The minimum Gasteiger partial charge on any atom is -0.496 e. The Morgan fingerprint density at radius 2 is 2.21 bits per heavy atom. The summed E-state index contributed by atoms with van der Waals surface area (Å²) in [5.74, 6) is 1.81. The summed E-state index contributed by atoms with van der Waals surface area (Å²) < 4.78 is 5.29. The Morgan fingerprint density at radius 1 is 1.43 bits per heavy atom. The molecule has 1 aromatic carbocycles. The molecule has 1 aromatic rings. The predicted octanol–water partition coefficient (Wildman–Crippen LogP) is 3.34. The molecule has 0 aliphatic heterocycles. The van der Waals surface area contributed by atoms with Crippen LogP contribution in [-0.4, -0.2) is 12.9 Å². The van der Waals surface area contributed by atoms with Crippen molar-refractivity contribution in [2.45, 2.75) is 13.3 Å². The van der Waals surface area contributed by atoms with Gasteiger partial charge in [0.2, 0.25) is 0 Å². The van der Waals surface area contributed by atoms with E-state index >= 15 is 0 Å². The van der Waals surface area contributed by atoms with E-state index in [-0.39, 0.29) is 0 Å². The molecule has 0 radical (unpaired) electrons. The predicted molar refractivity (Wildman–Crippen MR) is 65.2 cm³/mol. The molecule has 0 heterocycles. The average Bonchev–Trinajstić information content (AvgIpc) is 2.20. The molecule has 0 fully saturated rings. The van der Waals surface area contributed by atoms with Gasteiger partial charge in [-0.3, -0.25) is 0 Å². The van der Waals surface area contributed by atoms with E-state index in [2.05, 4.69) is 43.8 Å². The van der Waals surface area contributed by atoms with Gasteiger partial charge in [-0.1, -0.05) is 24.3 Å². The fraction of sp³-hybridized carbons (Fsp3) is 0.333. The zero-order chi connectivity index (χ0) is 10.4. The van der Waals surface area contributed by atoms with Crippen LogP contribution < -0.4 is 4.74 Å². The fourth-order valence-electron chi connectivity index (χ4n) is 1.24. The molecule has 0 spiro atoms. The van der Waals surface area contributed by atoms with E-state index in [0.717, 1.165) is 23.5 Å². The van der Waals surface area contributed by atoms with Crippen LogP contribution in [0.15, 0.2) is 24.3 Å². The van der Waals surface area contributed by atoms with Crippen molar-refractivity contribution < 1.29 is 4.74 Å². The third-order valence-electron chi connectivity index (χ3n) is 1.98. The minimum atomic E-state index is 0.880. The summed E-state index contributed by atoms with van der Waals surface area (Å²) in [6.07, 6.45) is 5.18. The number of ether oxygens (including phenoxy) is 1. The summed E-state index contributed by atoms with van der Waals surface area (Å²) in [5, 5.41) is 0. The molecule has 2 heteroatoms. The van der Waals surface area contributed by atoms with E-state index < -0.39 is 0 Å². The molecule has 0 aromatic heterocycles. The molecule has 0 bridgehead atoms. The summed E-state index contributed by atoms with van der Waals surface area (Å²) >= 11 is 4.15. The molecule has 1 nitrogen and oxygen atoms in total. The van der Waals surface area contributed by atoms with E-state index in [4.69, 9.17) is 4.74 Å². The SMILES string of the molecule is COc1cc(C)ccc1C=CCCS. The zero-order valence-electron chi connectivity index (χ0n) is 8.66. The summed E-state index contributed by atoms with van der Waals surface area (Å²) in [4.78, 5) is 0. The number of benzene rings is 1. The van der Waals surface area contributed by atoms with Gasteiger partial charge in [0.05, 0.1) is 7.11 Å². The first-order chi connectivity index (χ1) is 6.77. The van der Waals surface area contributed by atoms with Gasteiger partial charge in [-0.2, -0.15) is 12.6 Å². The molecule has 0 aliphatic rings. The summed E-state index contributed by atoms with van der Waals surface area (Å²) in [6.45, 7) is 2.06. The van der Waals surface area contributed by atoms with Crippen LogP contribution in [0.1, 0.15) is 17.5 Å². The molecule has 14 heavy (non-hydrogen) atoms. The monoisotopic (exact) mass is 208 g/mol. The van der Waals surface area contributed by atoms with Gasteiger partial charge in [0, 0.05) is 5.56 Å². The van der Waals surface area contributed by atoms with Crippen LogP contribution in [0, 0.1) is 6.92 Å². The third kappa shape index (κ3) is 3.11. The number of allylic oxidation sites excluding steroid dienone is 1. The van der Waals surface area contributed by atoms with Crippen molar-refractivity contribution in [2.75, 3.05) is 12.9 Å². The number of methoxy groups -OCH3 is 1. The lowest BCUT2D eigenvalue weighted by atomic mass is 10.1. The van der Waals surface area contributed by atoms with Crippen LogP contribution in [0.5, 0.6) is 5.75 Å². The first-order valence-electron chi connectivity index (χ1n) is 4.70. The number of hydrogen-bond acceptors (Lipinski definition) is 2. The highest BCUT2D eigenvalue weighted by Gasteiger charge is 1.98. The molecule has 0 unspecified atom stereocenters. The molecule has 0 atom stereocenters. The molecule has 0 N–H and O–H groups in total. The first kappa shape index (κ1) is 11.2. The van der Waals surface area contributed by atoms with Crippen LogP contribution in [0.25, 0.3) is 6.08 Å². The second kappa shape index (κ2) is 5.76. The maximum absolute atomic E-state index is 5.29. The van der Waals surface area contributed by atoms with Crippen molar-refractivity contribution in [1.29, 1.82) is 0 Å². The van der Waals surface area contributed by atoms with Crippen molar-refractivity contribution >= 4 is 18.7 Å². The Balaban J connectivity index is 2.85. The van der Waals surface area contributed by atoms with E-state index in [1.807, 2.05) is 6.07 Å². The average molecular weight is 208 g/mol. The van der Waals surface area contributed by atoms with Crippen LogP contribution >= 0.6 is 12.6 Å². The summed E-state index contributed by atoms with van der Waals surface area (Å²) in [7, 11) is 1.70. The van der Waals surface area contributed by atoms with E-state index in [0.29, 0.717) is 0 Å². The van der Waals surface area contributed by atoms with E-state index in [9.17, 15) is 0 Å². The number of hydrogen-bond donors (Lipinski definition) is 1. The van der Waals surface area contributed by atoms with Crippen molar-refractivity contribution in [3.63, 3.8) is 0 Å². The normalized spacial score (nSPS) is 10.8. The zero-order valence-corrected chi connectivity index (χ0v) is 9.55. The maximum atomic E-state index is 5.29. The van der Waals surface area contributed by atoms with Crippen LogP contribution in [0.3, 0.4) is 0 Å². The molecular weight excluding hydrogens is 192 g/mol. The van der Waals surface area contributed by atoms with Gasteiger partial charge in [0.15, 0.2) is 0 Å². The van der Waals surface area contributed by atoms with Crippen LogP contribution in [-0.2, 0) is 0 Å². The molecule has 0 saturated heterocycles. The van der Waals surface area contributed by atoms with Crippen molar-refractivity contribution in [1.82, 2.24) is 0 Å². The lowest BCUT2D eigenvalue weighted by Crippen LogP contribution is -1.87. The van der Waals surface area contributed by atoms with Gasteiger partial charge in [0.1, 0.15) is 5.75 Å². The van der Waals surface area contributed by atoms with Gasteiger partial charge in [-0.25, -0.2) is 0 Å². The Bertz CT molecular complexity index is 318. The van der Waals surface area contributed by atoms with Gasteiger partial charge in [0.25, 0.3) is 0 Å². The molecule has 76 valence electrons. The van der Waals surface area contributed by atoms with Gasteiger partial charge in [-0.15, -0.1) is 0 Å². The Kier molecular flexibility index (Phi) is 4.60. The highest BCUT2D eigenvalue weighted by atomic mass is 32.1. The lowest BCUT2D eigenvalue weighted by molar-refractivity contribution is 0.413. The largest absolute Gasteiger partial charge is 0.496 e. The second-order valence-corrected chi connectivity index (χ2v) is 3.61. The van der Waals surface area contributed by atoms with Crippen molar-refractivity contribution in [3.8, 4) is 5.75 Å². The quantitative estimate of drug-likeness (QED) is 0.747. The maximum Gasteiger partial charge on any atom is 0.126 e. The Hall–Kier alpha value is -0.890. The summed E-state index contributed by atoms with van der Waals surface area (Å²) in [6, 6.07) is 6.20. The molecule has 0 saturated carbocycles. The van der Waals surface area contributed by atoms with Crippen LogP contribution in [0.4, 0.5) is 0 Å². The standard InChI is InChI=1S/C12H16OS/c1-10-6-7-11(5-3-4-8-14)12(9-10)13-2/h3,5-7,9,14H,4,8H2,1-2H3. The van der Waals surface area contributed by atoms with Crippen molar-refractivity contribution in [3.05, 3.63) is 35.4 Å². The number of rotatable bonds is 4. The highest BCUT2D eigenvalue weighted by Crippen LogP contribution is 2.21. The van der Waals surface area contributed by atoms with Crippen molar-refractivity contribution in [2.24, 2.45) is 0 Å². The molecular formula is C12H16OS. The fourth-order valence-corrected chi connectivity index (χ4v) is 1.39. The Morgan fingerprint density at radius 3 is 2.86 bits per heavy atom. The molecule has 0 aliphatic carbocycles. The molecule has 1 rings (SSSR count). The minimum absolute atomic E-state index is 0.880. The third-order valence-corrected chi connectivity index (χ3v) is 2.24. The first-order valence-corrected chi connectivity index (χ1v) is 5.33. The topological polar surface area (TPSA) is 9.23 Å². The van der Waals surface area contributed by atoms with Gasteiger partial charge >= 0.3 is 0 Å². The Labute approximate surface area is 91.2 Å². The second-order valence-electron chi connectivity index (χ2n) is 3.16. The highest BCUT2D eigenvalue weighted by molar-refractivity contribution is 7.80. The van der Waals surface area contributed by atoms with E-state index in [1.54, 1.807) is 7.11 Å². The van der Waals surface area contributed by atoms with E-state index in [1.165, 1.54) is 5.56 Å². The molecule has 0 amide bonds.